The molecule has 3 atom stereocenters. The Balaban J connectivity index is 1.43. The van der Waals surface area contributed by atoms with Crippen molar-refractivity contribution in [1.82, 2.24) is 25.5 Å². The molecule has 11 heteroatoms. The normalized spacial score (nSPS) is 26.3. The van der Waals surface area contributed by atoms with E-state index in [-0.39, 0.29) is 4.90 Å². The van der Waals surface area contributed by atoms with Crippen LogP contribution in [0.5, 0.6) is 0 Å². The summed E-state index contributed by atoms with van der Waals surface area (Å²) in [6.45, 7) is 4.14. The largest absolute Gasteiger partial charge is 0.352 e. The lowest BCUT2D eigenvalue weighted by molar-refractivity contribution is 0.280. The third-order valence-corrected chi connectivity index (χ3v) is 8.21. The number of hydrogen-bond acceptors (Lipinski definition) is 8. The Kier molecular flexibility index (Phi) is 5.51. The highest BCUT2D eigenvalue weighted by Gasteiger charge is 2.40. The van der Waals surface area contributed by atoms with E-state index in [4.69, 9.17) is 16.6 Å². The van der Waals surface area contributed by atoms with Gasteiger partial charge in [-0.1, -0.05) is 17.7 Å². The second kappa shape index (κ2) is 8.18. The van der Waals surface area contributed by atoms with E-state index in [9.17, 15) is 8.42 Å². The summed E-state index contributed by atoms with van der Waals surface area (Å²) < 4.78 is 26.8. The number of aromatic nitrogens is 2. The number of hydrogen-bond donors (Lipinski definition) is 4. The molecule has 9 nitrogen and oxygen atoms in total. The quantitative estimate of drug-likeness (QED) is 0.533. The maximum atomic E-state index is 12.1. The van der Waals surface area contributed by atoms with Crippen LogP contribution in [-0.4, -0.2) is 43.6 Å². The molecule has 0 spiro atoms. The van der Waals surface area contributed by atoms with E-state index in [1.807, 2.05) is 6.07 Å². The van der Waals surface area contributed by atoms with E-state index in [1.165, 1.54) is 6.42 Å². The third kappa shape index (κ3) is 3.87. The van der Waals surface area contributed by atoms with Crippen molar-refractivity contribution in [3.05, 3.63) is 35.0 Å². The maximum Gasteiger partial charge on any atom is 0.241 e. The molecule has 31 heavy (non-hydrogen) atoms. The monoisotopic (exact) mass is 463 g/mol. The molecular formula is C20H26ClN7O2S. The Bertz CT molecular complexity index is 1100. The topological polar surface area (TPSA) is 111 Å². The fraction of sp³-hybridized carbons (Fsp3) is 0.500. The predicted molar refractivity (Wildman–Crippen MR) is 120 cm³/mol. The van der Waals surface area contributed by atoms with Crippen molar-refractivity contribution in [1.29, 1.82) is 0 Å². The third-order valence-electron chi connectivity index (χ3n) is 6.46. The molecule has 1 aromatic heterocycles. The number of anilines is 3. The van der Waals surface area contributed by atoms with Gasteiger partial charge in [-0.05, 0) is 43.9 Å². The van der Waals surface area contributed by atoms with E-state index in [2.05, 4.69) is 37.7 Å². The number of nitrogens with one attached hydrogen (secondary N) is 4. The molecule has 3 unspecified atom stereocenters. The van der Waals surface area contributed by atoms with Crippen LogP contribution in [0.2, 0.25) is 5.02 Å². The van der Waals surface area contributed by atoms with E-state index >= 15 is 0 Å². The fourth-order valence-electron chi connectivity index (χ4n) is 4.96. The smallest absolute Gasteiger partial charge is 0.241 e. The Morgan fingerprint density at radius 1 is 1.32 bits per heavy atom. The minimum Gasteiger partial charge on any atom is -0.352 e. The number of benzene rings is 1. The van der Waals surface area contributed by atoms with Gasteiger partial charge in [0.1, 0.15) is 5.02 Å². The molecule has 0 bridgehead atoms. The molecule has 5 rings (SSSR count). The standard InChI is InChI=1S/C20H26ClN7O2S/c1-2-28(17-5-3-4-16-14(17)10-23-27-16)19-15(21)11-22-20(26-19)25-13-7-6-12-9-24-31(29,30)18(12)8-13/h6-8,11,14,16-17,23-24,27H,2-5,9-10H2,1H3,(H,22,25,26). The fourth-order valence-corrected chi connectivity index (χ4v) is 6.43. The molecule has 3 heterocycles. The number of nitrogens with zero attached hydrogens (tertiary/aromatic N) is 3. The minimum atomic E-state index is -3.45. The predicted octanol–water partition coefficient (Wildman–Crippen LogP) is 2.14. The van der Waals surface area contributed by atoms with Crippen LogP contribution >= 0.6 is 11.6 Å². The van der Waals surface area contributed by atoms with Gasteiger partial charge in [0.25, 0.3) is 0 Å². The first kappa shape index (κ1) is 20.9. The lowest BCUT2D eigenvalue weighted by atomic mass is 9.81. The average Bonchev–Trinajstić information content (AvgIpc) is 3.36. The number of rotatable bonds is 5. The van der Waals surface area contributed by atoms with Crippen LogP contribution in [0.4, 0.5) is 17.5 Å². The summed E-state index contributed by atoms with van der Waals surface area (Å²) >= 11 is 6.54. The zero-order valence-corrected chi connectivity index (χ0v) is 18.8. The van der Waals surface area contributed by atoms with Gasteiger partial charge in [0.05, 0.1) is 11.1 Å². The van der Waals surface area contributed by atoms with Crippen molar-refractivity contribution in [2.24, 2.45) is 5.92 Å². The summed E-state index contributed by atoms with van der Waals surface area (Å²) in [6, 6.07) is 6.04. The maximum absolute atomic E-state index is 12.1. The van der Waals surface area contributed by atoms with Gasteiger partial charge < -0.3 is 10.2 Å². The van der Waals surface area contributed by atoms with Crippen LogP contribution in [0.3, 0.4) is 0 Å². The first-order chi connectivity index (χ1) is 15.0. The SMILES string of the molecule is CCN(c1nc(Nc2ccc3c(c2)S(=O)(=O)NC3)ncc1Cl)C1CCCC2NNCC21. The molecule has 1 saturated carbocycles. The van der Waals surface area contributed by atoms with Gasteiger partial charge in [0.2, 0.25) is 16.0 Å². The van der Waals surface area contributed by atoms with E-state index in [0.717, 1.165) is 31.5 Å². The molecule has 4 N–H and O–H groups in total. The molecule has 2 aliphatic heterocycles. The lowest BCUT2D eigenvalue weighted by Gasteiger charge is -2.41. The van der Waals surface area contributed by atoms with Gasteiger partial charge >= 0.3 is 0 Å². The minimum absolute atomic E-state index is 0.288. The second-order valence-corrected chi connectivity index (χ2v) is 10.4. The van der Waals surface area contributed by atoms with E-state index < -0.39 is 10.0 Å². The molecule has 166 valence electrons. The van der Waals surface area contributed by atoms with Gasteiger partial charge in [0, 0.05) is 43.3 Å². The zero-order chi connectivity index (χ0) is 21.6. The van der Waals surface area contributed by atoms with Crippen molar-refractivity contribution in [3.63, 3.8) is 0 Å². The summed E-state index contributed by atoms with van der Waals surface area (Å²) in [5.74, 6) is 1.58. The molecule has 3 aliphatic rings. The van der Waals surface area contributed by atoms with Gasteiger partial charge in [-0.15, -0.1) is 0 Å². The van der Waals surface area contributed by atoms with Crippen LogP contribution in [0.15, 0.2) is 29.3 Å². The molecule has 1 saturated heterocycles. The Labute approximate surface area is 187 Å². The number of fused-ring (bicyclic) bond motifs is 2. The summed E-state index contributed by atoms with van der Waals surface area (Å²) in [5.41, 5.74) is 8.07. The average molecular weight is 464 g/mol. The number of halogens is 1. The molecular weight excluding hydrogens is 438 g/mol. The number of hydrazine groups is 1. The highest BCUT2D eigenvalue weighted by Crippen LogP contribution is 2.35. The van der Waals surface area contributed by atoms with Crippen molar-refractivity contribution in [2.75, 3.05) is 23.3 Å². The summed E-state index contributed by atoms with van der Waals surface area (Å²) in [4.78, 5) is 11.6. The molecule has 0 amide bonds. The molecule has 2 fully saturated rings. The summed E-state index contributed by atoms with van der Waals surface area (Å²) in [7, 11) is -3.45. The Hall–Kier alpha value is -1.98. The Morgan fingerprint density at radius 2 is 2.19 bits per heavy atom. The van der Waals surface area contributed by atoms with Crippen LogP contribution in [0, 0.1) is 5.92 Å². The second-order valence-electron chi connectivity index (χ2n) is 8.22. The highest BCUT2D eigenvalue weighted by atomic mass is 35.5. The van der Waals surface area contributed by atoms with Crippen molar-refractivity contribution in [3.8, 4) is 0 Å². The highest BCUT2D eigenvalue weighted by molar-refractivity contribution is 7.89. The van der Waals surface area contributed by atoms with Crippen molar-refractivity contribution in [2.45, 2.75) is 49.7 Å². The zero-order valence-electron chi connectivity index (χ0n) is 17.2. The first-order valence-electron chi connectivity index (χ1n) is 10.6. The summed E-state index contributed by atoms with van der Waals surface area (Å²) in [6.07, 6.45) is 5.03. The van der Waals surface area contributed by atoms with Crippen molar-refractivity contribution >= 4 is 39.1 Å². The van der Waals surface area contributed by atoms with Gasteiger partial charge in [-0.3, -0.25) is 10.9 Å². The number of sulfonamides is 1. The van der Waals surface area contributed by atoms with Crippen LogP contribution in [0.1, 0.15) is 31.7 Å². The van der Waals surface area contributed by atoms with E-state index in [0.29, 0.717) is 47.0 Å². The Morgan fingerprint density at radius 3 is 3.03 bits per heavy atom. The molecule has 1 aromatic carbocycles. The lowest BCUT2D eigenvalue weighted by Crippen LogP contribution is -2.49. The molecule has 0 radical (unpaired) electrons. The molecule has 2 aromatic rings. The van der Waals surface area contributed by atoms with E-state index in [1.54, 1.807) is 18.3 Å². The first-order valence-corrected chi connectivity index (χ1v) is 12.5. The van der Waals surface area contributed by atoms with Crippen LogP contribution < -0.4 is 25.8 Å². The van der Waals surface area contributed by atoms with Gasteiger partial charge in [-0.2, -0.15) is 4.98 Å². The summed E-state index contributed by atoms with van der Waals surface area (Å²) in [5, 5.41) is 3.65. The van der Waals surface area contributed by atoms with Crippen LogP contribution in [-0.2, 0) is 16.6 Å². The van der Waals surface area contributed by atoms with Crippen LogP contribution in [0.25, 0.3) is 0 Å². The van der Waals surface area contributed by atoms with Gasteiger partial charge in [0.15, 0.2) is 5.82 Å². The van der Waals surface area contributed by atoms with Crippen molar-refractivity contribution < 1.29 is 8.42 Å². The van der Waals surface area contributed by atoms with Gasteiger partial charge in [-0.25, -0.2) is 18.1 Å². The molecule has 1 aliphatic carbocycles.